The summed E-state index contributed by atoms with van der Waals surface area (Å²) in [4.78, 5) is 15.8. The van der Waals surface area contributed by atoms with E-state index < -0.39 is 0 Å². The van der Waals surface area contributed by atoms with Crippen molar-refractivity contribution in [3.63, 3.8) is 0 Å². The van der Waals surface area contributed by atoms with Crippen molar-refractivity contribution in [3.8, 4) is 0 Å². The SMILES string of the molecule is Cc1c(N2CCOCC2)c(C)n(Cc2cccc(F)c2)c1C(=O)N[C@H](C)c1ccccc1. The molecule has 0 unspecified atom stereocenters. The van der Waals surface area contributed by atoms with Crippen LogP contribution >= 0.6 is 0 Å². The molecule has 4 rings (SSSR count). The highest BCUT2D eigenvalue weighted by Crippen LogP contribution is 2.32. The van der Waals surface area contributed by atoms with Crippen LogP contribution in [0.2, 0.25) is 0 Å². The Bertz CT molecular complexity index is 1090. The van der Waals surface area contributed by atoms with E-state index in [2.05, 4.69) is 10.2 Å². The van der Waals surface area contributed by atoms with Crippen molar-refractivity contribution in [2.45, 2.75) is 33.4 Å². The number of rotatable bonds is 6. The molecule has 1 amide bonds. The molecule has 1 N–H and O–H groups in total. The molecule has 1 fully saturated rings. The Morgan fingerprint density at radius 1 is 1.09 bits per heavy atom. The van der Waals surface area contributed by atoms with E-state index in [0.717, 1.165) is 41.2 Å². The van der Waals surface area contributed by atoms with Gasteiger partial charge in [-0.3, -0.25) is 4.79 Å². The zero-order chi connectivity index (χ0) is 22.7. The minimum absolute atomic E-state index is 0.127. The van der Waals surface area contributed by atoms with Gasteiger partial charge in [0.2, 0.25) is 0 Å². The molecule has 0 radical (unpaired) electrons. The highest BCUT2D eigenvalue weighted by atomic mass is 19.1. The van der Waals surface area contributed by atoms with Gasteiger partial charge in [-0.1, -0.05) is 42.5 Å². The van der Waals surface area contributed by atoms with E-state index >= 15 is 0 Å². The highest BCUT2D eigenvalue weighted by molar-refractivity contribution is 5.97. The molecule has 0 bridgehead atoms. The summed E-state index contributed by atoms with van der Waals surface area (Å²) in [5.41, 5.74) is 5.51. The molecule has 0 saturated carbocycles. The third-order valence-corrected chi connectivity index (χ3v) is 6.15. The van der Waals surface area contributed by atoms with Gasteiger partial charge in [-0.25, -0.2) is 4.39 Å². The van der Waals surface area contributed by atoms with E-state index in [1.165, 1.54) is 12.1 Å². The molecule has 1 aliphatic heterocycles. The summed E-state index contributed by atoms with van der Waals surface area (Å²) < 4.78 is 21.4. The zero-order valence-corrected chi connectivity index (χ0v) is 18.9. The van der Waals surface area contributed by atoms with Crippen molar-refractivity contribution in [1.82, 2.24) is 9.88 Å². The van der Waals surface area contributed by atoms with Crippen molar-refractivity contribution in [3.05, 3.63) is 88.5 Å². The van der Waals surface area contributed by atoms with Crippen molar-refractivity contribution < 1.29 is 13.9 Å². The number of carbonyl (C=O) groups excluding carboxylic acids is 1. The predicted molar refractivity (Wildman–Crippen MR) is 125 cm³/mol. The van der Waals surface area contributed by atoms with Gasteiger partial charge in [0.05, 0.1) is 24.9 Å². The van der Waals surface area contributed by atoms with Crippen LogP contribution in [0.4, 0.5) is 10.1 Å². The molecule has 2 heterocycles. The number of morpholine rings is 1. The summed E-state index contributed by atoms with van der Waals surface area (Å²) in [6.45, 7) is 9.35. The average Bonchev–Trinajstić information content (AvgIpc) is 3.04. The third-order valence-electron chi connectivity index (χ3n) is 6.15. The second kappa shape index (κ2) is 9.57. The maximum atomic E-state index is 13.9. The number of aromatic nitrogens is 1. The van der Waals surface area contributed by atoms with Gasteiger partial charge in [-0.05, 0) is 44.0 Å². The summed E-state index contributed by atoms with van der Waals surface area (Å²) in [6, 6.07) is 16.3. The Labute approximate surface area is 188 Å². The number of hydrogen-bond acceptors (Lipinski definition) is 3. The molecule has 1 aliphatic rings. The monoisotopic (exact) mass is 435 g/mol. The summed E-state index contributed by atoms with van der Waals surface area (Å²) in [6.07, 6.45) is 0. The van der Waals surface area contributed by atoms with E-state index in [1.807, 2.05) is 61.7 Å². The van der Waals surface area contributed by atoms with Crippen LogP contribution in [-0.2, 0) is 11.3 Å². The molecule has 2 aromatic carbocycles. The number of halogens is 1. The first kappa shape index (κ1) is 22.1. The number of ether oxygens (including phenoxy) is 1. The van der Waals surface area contributed by atoms with Gasteiger partial charge in [0, 0.05) is 30.9 Å². The fraction of sp³-hybridized carbons (Fsp3) is 0.346. The molecule has 1 atom stereocenters. The average molecular weight is 436 g/mol. The lowest BCUT2D eigenvalue weighted by atomic mass is 10.1. The lowest BCUT2D eigenvalue weighted by Crippen LogP contribution is -2.36. The Hall–Kier alpha value is -3.12. The summed E-state index contributed by atoms with van der Waals surface area (Å²) in [7, 11) is 0. The smallest absolute Gasteiger partial charge is 0.268 e. The van der Waals surface area contributed by atoms with E-state index in [0.29, 0.717) is 25.5 Å². The lowest BCUT2D eigenvalue weighted by molar-refractivity contribution is 0.0930. The molecule has 6 heteroatoms. The first-order chi connectivity index (χ1) is 15.5. The minimum atomic E-state index is -0.277. The standard InChI is InChI=1S/C26H30FN3O2/c1-18-24(29-12-14-32-15-13-29)20(3)30(17-21-8-7-11-23(27)16-21)25(18)26(31)28-19(2)22-9-5-4-6-10-22/h4-11,16,19H,12-15,17H2,1-3H3,(H,28,31)/t19-/m1/s1. The number of amides is 1. The van der Waals surface area contributed by atoms with Gasteiger partial charge in [-0.2, -0.15) is 0 Å². The Kier molecular flexibility index (Phi) is 6.61. The molecule has 0 spiro atoms. The number of anilines is 1. The lowest BCUT2D eigenvalue weighted by Gasteiger charge is -2.29. The molecule has 5 nitrogen and oxygen atoms in total. The van der Waals surface area contributed by atoms with Crippen LogP contribution in [0, 0.1) is 19.7 Å². The van der Waals surface area contributed by atoms with Crippen molar-refractivity contribution in [2.75, 3.05) is 31.2 Å². The Balaban J connectivity index is 1.72. The first-order valence-corrected chi connectivity index (χ1v) is 11.1. The Morgan fingerprint density at radius 3 is 2.50 bits per heavy atom. The fourth-order valence-electron chi connectivity index (χ4n) is 4.53. The fourth-order valence-corrected chi connectivity index (χ4v) is 4.53. The van der Waals surface area contributed by atoms with Gasteiger partial charge in [0.25, 0.3) is 5.91 Å². The van der Waals surface area contributed by atoms with Crippen molar-refractivity contribution >= 4 is 11.6 Å². The zero-order valence-electron chi connectivity index (χ0n) is 18.9. The number of nitrogens with one attached hydrogen (secondary N) is 1. The summed E-state index contributed by atoms with van der Waals surface area (Å²) in [5.74, 6) is -0.404. The van der Waals surface area contributed by atoms with Gasteiger partial charge < -0.3 is 19.5 Å². The maximum absolute atomic E-state index is 13.9. The van der Waals surface area contributed by atoms with E-state index in [9.17, 15) is 9.18 Å². The quantitative estimate of drug-likeness (QED) is 0.615. The number of hydrogen-bond donors (Lipinski definition) is 1. The van der Waals surface area contributed by atoms with Crippen LogP contribution in [-0.4, -0.2) is 36.8 Å². The molecule has 3 aromatic rings. The molecule has 1 saturated heterocycles. The minimum Gasteiger partial charge on any atom is -0.378 e. The third kappa shape index (κ3) is 4.55. The second-order valence-electron chi connectivity index (χ2n) is 8.33. The summed E-state index contributed by atoms with van der Waals surface area (Å²) >= 11 is 0. The predicted octanol–water partition coefficient (Wildman–Crippen LogP) is 4.62. The molecule has 32 heavy (non-hydrogen) atoms. The topological polar surface area (TPSA) is 46.5 Å². The van der Waals surface area contributed by atoms with Gasteiger partial charge in [0.1, 0.15) is 11.5 Å². The number of nitrogens with zero attached hydrogens (tertiary/aromatic N) is 2. The van der Waals surface area contributed by atoms with Crippen LogP contribution in [0.25, 0.3) is 0 Å². The van der Waals surface area contributed by atoms with Crippen LogP contribution in [0.5, 0.6) is 0 Å². The van der Waals surface area contributed by atoms with Crippen LogP contribution < -0.4 is 10.2 Å². The second-order valence-corrected chi connectivity index (χ2v) is 8.33. The summed E-state index contributed by atoms with van der Waals surface area (Å²) in [5, 5.41) is 3.16. The highest BCUT2D eigenvalue weighted by Gasteiger charge is 2.27. The van der Waals surface area contributed by atoms with Gasteiger partial charge in [0.15, 0.2) is 0 Å². The molecular weight excluding hydrogens is 405 g/mol. The normalized spacial score (nSPS) is 14.9. The number of carbonyl (C=O) groups is 1. The molecule has 0 aliphatic carbocycles. The van der Waals surface area contributed by atoms with Crippen molar-refractivity contribution in [2.24, 2.45) is 0 Å². The van der Waals surface area contributed by atoms with E-state index in [4.69, 9.17) is 4.74 Å². The molecular formula is C26H30FN3O2. The van der Waals surface area contributed by atoms with E-state index in [1.54, 1.807) is 6.07 Å². The van der Waals surface area contributed by atoms with Crippen LogP contribution in [0.1, 0.15) is 45.8 Å². The van der Waals surface area contributed by atoms with E-state index in [-0.39, 0.29) is 17.8 Å². The number of benzene rings is 2. The Morgan fingerprint density at radius 2 is 1.81 bits per heavy atom. The largest absolute Gasteiger partial charge is 0.378 e. The van der Waals surface area contributed by atoms with Gasteiger partial charge in [-0.15, -0.1) is 0 Å². The first-order valence-electron chi connectivity index (χ1n) is 11.1. The molecule has 168 valence electrons. The van der Waals surface area contributed by atoms with Gasteiger partial charge >= 0.3 is 0 Å². The molecule has 1 aromatic heterocycles. The van der Waals surface area contributed by atoms with Crippen LogP contribution in [0.15, 0.2) is 54.6 Å². The van der Waals surface area contributed by atoms with Crippen LogP contribution in [0.3, 0.4) is 0 Å². The maximum Gasteiger partial charge on any atom is 0.268 e. The van der Waals surface area contributed by atoms with Crippen molar-refractivity contribution in [1.29, 1.82) is 0 Å².